The minimum atomic E-state index is -0.357. The number of halogens is 1. The van der Waals surface area contributed by atoms with Crippen LogP contribution in [0, 0.1) is 5.82 Å². The fourth-order valence-corrected chi connectivity index (χ4v) is 2.07. The van der Waals surface area contributed by atoms with Crippen molar-refractivity contribution < 1.29 is 9.13 Å². The van der Waals surface area contributed by atoms with Gasteiger partial charge in [0.2, 0.25) is 0 Å². The van der Waals surface area contributed by atoms with Gasteiger partial charge >= 0.3 is 0 Å². The van der Waals surface area contributed by atoms with E-state index in [1.165, 1.54) is 6.07 Å². The molecule has 0 atom stereocenters. The molecule has 0 saturated carbocycles. The molecule has 4 heteroatoms. The van der Waals surface area contributed by atoms with Gasteiger partial charge in [0, 0.05) is 29.8 Å². The van der Waals surface area contributed by atoms with Crippen molar-refractivity contribution in [3.8, 4) is 11.5 Å². The molecule has 2 aromatic carbocycles. The molecule has 20 heavy (non-hydrogen) atoms. The number of hydrogen-bond donors (Lipinski definition) is 1. The molecule has 0 fully saturated rings. The Morgan fingerprint density at radius 1 is 1.10 bits per heavy atom. The van der Waals surface area contributed by atoms with Crippen LogP contribution in [0.5, 0.6) is 11.5 Å². The quantitative estimate of drug-likeness (QED) is 0.789. The predicted molar refractivity (Wildman–Crippen MR) is 76.1 cm³/mol. The summed E-state index contributed by atoms with van der Waals surface area (Å²) < 4.78 is 19.4. The summed E-state index contributed by atoms with van der Waals surface area (Å²) in [7, 11) is 0. The Hall–Kier alpha value is -2.46. The molecule has 3 nitrogen and oxygen atoms in total. The smallest absolute Gasteiger partial charge is 0.134 e. The van der Waals surface area contributed by atoms with E-state index >= 15 is 0 Å². The highest BCUT2D eigenvalue weighted by Gasteiger charge is 2.09. The van der Waals surface area contributed by atoms with Crippen LogP contribution in [0.2, 0.25) is 0 Å². The highest BCUT2D eigenvalue weighted by molar-refractivity contribution is 5.79. The lowest BCUT2D eigenvalue weighted by Crippen LogP contribution is -2.02. The molecule has 3 rings (SSSR count). The van der Waals surface area contributed by atoms with Crippen LogP contribution in [0.25, 0.3) is 10.9 Å². The number of fused-ring (bicyclic) bond motifs is 1. The van der Waals surface area contributed by atoms with Crippen molar-refractivity contribution in [3.63, 3.8) is 0 Å². The van der Waals surface area contributed by atoms with Crippen molar-refractivity contribution in [2.45, 2.75) is 6.54 Å². The molecule has 3 aromatic rings. The minimum Gasteiger partial charge on any atom is -0.457 e. The van der Waals surface area contributed by atoms with Crippen LogP contribution in [0.3, 0.4) is 0 Å². The zero-order valence-electron chi connectivity index (χ0n) is 10.7. The second-order valence-electron chi connectivity index (χ2n) is 4.38. The standard InChI is InChI=1S/C16H13FN2O/c17-14-4-1-5-16(13(14)10-18)20-12-7-6-11-3-2-8-19-15(11)9-12/h1-9H,10,18H2. The number of ether oxygens (including phenoxy) is 1. The normalized spacial score (nSPS) is 10.7. The van der Waals surface area contributed by atoms with Crippen molar-refractivity contribution in [2.75, 3.05) is 0 Å². The van der Waals surface area contributed by atoms with Crippen molar-refractivity contribution in [1.29, 1.82) is 0 Å². The lowest BCUT2D eigenvalue weighted by molar-refractivity contribution is 0.468. The molecule has 0 saturated heterocycles. The molecule has 1 aromatic heterocycles. The first-order valence-electron chi connectivity index (χ1n) is 6.28. The largest absolute Gasteiger partial charge is 0.457 e. The zero-order valence-corrected chi connectivity index (χ0v) is 10.7. The topological polar surface area (TPSA) is 48.1 Å². The summed E-state index contributed by atoms with van der Waals surface area (Å²) in [5.74, 6) is 0.684. The highest BCUT2D eigenvalue weighted by atomic mass is 19.1. The van der Waals surface area contributed by atoms with Crippen molar-refractivity contribution in [3.05, 3.63) is 66.1 Å². The number of rotatable bonds is 3. The molecular formula is C16H13FN2O. The van der Waals surface area contributed by atoms with Crippen LogP contribution in [-0.2, 0) is 6.54 Å². The Labute approximate surface area is 115 Å². The maximum absolute atomic E-state index is 13.6. The van der Waals surface area contributed by atoms with Crippen molar-refractivity contribution >= 4 is 10.9 Å². The van der Waals surface area contributed by atoms with Gasteiger partial charge in [-0.25, -0.2) is 4.39 Å². The fraction of sp³-hybridized carbons (Fsp3) is 0.0625. The SMILES string of the molecule is NCc1c(F)cccc1Oc1ccc2cccnc2c1. The van der Waals surface area contributed by atoms with Gasteiger partial charge in [-0.3, -0.25) is 4.98 Å². The number of pyridine rings is 1. The predicted octanol–water partition coefficient (Wildman–Crippen LogP) is 3.62. The van der Waals surface area contributed by atoms with E-state index in [0.717, 1.165) is 10.9 Å². The maximum Gasteiger partial charge on any atom is 0.134 e. The van der Waals surface area contributed by atoms with Crippen molar-refractivity contribution in [1.82, 2.24) is 4.98 Å². The number of nitrogens with zero attached hydrogens (tertiary/aromatic N) is 1. The zero-order chi connectivity index (χ0) is 13.9. The summed E-state index contributed by atoms with van der Waals surface area (Å²) >= 11 is 0. The number of nitrogens with two attached hydrogens (primary N) is 1. The third-order valence-corrected chi connectivity index (χ3v) is 3.09. The lowest BCUT2D eigenvalue weighted by Gasteiger charge is -2.11. The Kier molecular flexibility index (Phi) is 3.31. The molecule has 0 amide bonds. The van der Waals surface area contributed by atoms with Crippen LogP contribution in [-0.4, -0.2) is 4.98 Å². The first-order valence-corrected chi connectivity index (χ1v) is 6.28. The molecule has 0 spiro atoms. The molecule has 100 valence electrons. The van der Waals surface area contributed by atoms with E-state index in [9.17, 15) is 4.39 Å². The molecule has 2 N–H and O–H groups in total. The summed E-state index contributed by atoms with van der Waals surface area (Å²) in [6.45, 7) is 0.0911. The third-order valence-electron chi connectivity index (χ3n) is 3.09. The molecule has 0 aliphatic rings. The van der Waals surface area contributed by atoms with Gasteiger partial charge in [0.25, 0.3) is 0 Å². The number of hydrogen-bond acceptors (Lipinski definition) is 3. The molecule has 1 heterocycles. The van der Waals surface area contributed by atoms with E-state index in [4.69, 9.17) is 10.5 Å². The van der Waals surface area contributed by atoms with Gasteiger partial charge in [-0.1, -0.05) is 12.1 Å². The lowest BCUT2D eigenvalue weighted by atomic mass is 10.2. The van der Waals surface area contributed by atoms with E-state index in [1.54, 1.807) is 18.3 Å². The van der Waals surface area contributed by atoms with Gasteiger partial charge in [-0.15, -0.1) is 0 Å². The van der Waals surface area contributed by atoms with Gasteiger partial charge in [0.1, 0.15) is 17.3 Å². The van der Waals surface area contributed by atoms with E-state index in [1.807, 2.05) is 30.3 Å². The minimum absolute atomic E-state index is 0.0911. The van der Waals surface area contributed by atoms with E-state index in [0.29, 0.717) is 17.1 Å². The molecule has 0 unspecified atom stereocenters. The van der Waals surface area contributed by atoms with Crippen LogP contribution in [0.1, 0.15) is 5.56 Å². The van der Waals surface area contributed by atoms with Gasteiger partial charge in [-0.2, -0.15) is 0 Å². The van der Waals surface area contributed by atoms with Gasteiger partial charge < -0.3 is 10.5 Å². The van der Waals surface area contributed by atoms with Crippen molar-refractivity contribution in [2.24, 2.45) is 5.73 Å². The van der Waals surface area contributed by atoms with E-state index in [2.05, 4.69) is 4.98 Å². The van der Waals surface area contributed by atoms with Gasteiger partial charge in [0.05, 0.1) is 5.52 Å². The van der Waals surface area contributed by atoms with Gasteiger partial charge in [0.15, 0.2) is 0 Å². The average Bonchev–Trinajstić information content (AvgIpc) is 2.47. The van der Waals surface area contributed by atoms with E-state index < -0.39 is 0 Å². The molecule has 0 radical (unpaired) electrons. The molecule has 0 bridgehead atoms. The Morgan fingerprint density at radius 3 is 2.85 bits per heavy atom. The maximum atomic E-state index is 13.6. The Bertz CT molecular complexity index is 758. The number of benzene rings is 2. The second-order valence-corrected chi connectivity index (χ2v) is 4.38. The van der Waals surface area contributed by atoms with Gasteiger partial charge in [-0.05, 0) is 30.3 Å². The van der Waals surface area contributed by atoms with Crippen LogP contribution in [0.15, 0.2) is 54.7 Å². The monoisotopic (exact) mass is 268 g/mol. The second kappa shape index (κ2) is 5.27. The van der Waals surface area contributed by atoms with Crippen LogP contribution < -0.4 is 10.5 Å². The molecule has 0 aliphatic heterocycles. The summed E-state index contributed by atoms with van der Waals surface area (Å²) in [6.07, 6.45) is 1.72. The Morgan fingerprint density at radius 2 is 2.00 bits per heavy atom. The van der Waals surface area contributed by atoms with Crippen LogP contribution in [0.4, 0.5) is 4.39 Å². The third kappa shape index (κ3) is 2.33. The fourth-order valence-electron chi connectivity index (χ4n) is 2.07. The molecule has 0 aliphatic carbocycles. The first kappa shape index (κ1) is 12.6. The summed E-state index contributed by atoms with van der Waals surface area (Å²) in [4.78, 5) is 4.26. The highest BCUT2D eigenvalue weighted by Crippen LogP contribution is 2.28. The summed E-state index contributed by atoms with van der Waals surface area (Å²) in [6, 6.07) is 14.1. The Balaban J connectivity index is 1.99. The summed E-state index contributed by atoms with van der Waals surface area (Å²) in [5, 5.41) is 1.03. The van der Waals surface area contributed by atoms with Crippen LogP contribution >= 0.6 is 0 Å². The molecular weight excluding hydrogens is 255 g/mol. The summed E-state index contributed by atoms with van der Waals surface area (Å²) in [5.41, 5.74) is 6.76. The van der Waals surface area contributed by atoms with E-state index in [-0.39, 0.29) is 12.4 Å². The first-order chi connectivity index (χ1) is 9.78. The number of aromatic nitrogens is 1. The average molecular weight is 268 g/mol.